The van der Waals surface area contributed by atoms with Crippen molar-refractivity contribution in [1.29, 1.82) is 0 Å². The van der Waals surface area contributed by atoms with E-state index in [2.05, 4.69) is 5.32 Å². The lowest BCUT2D eigenvalue weighted by atomic mass is 10.1. The Morgan fingerprint density at radius 1 is 1.19 bits per heavy atom. The second kappa shape index (κ2) is 7.45. The van der Waals surface area contributed by atoms with E-state index in [1.54, 1.807) is 0 Å². The zero-order valence-corrected chi connectivity index (χ0v) is 14.0. The van der Waals surface area contributed by atoms with Crippen molar-refractivity contribution in [2.75, 3.05) is 23.7 Å². The van der Waals surface area contributed by atoms with E-state index in [0.717, 1.165) is 23.8 Å². The highest BCUT2D eigenvalue weighted by molar-refractivity contribution is 7.92. The molecule has 0 heterocycles. The fourth-order valence-electron chi connectivity index (χ4n) is 2.14. The van der Waals surface area contributed by atoms with Gasteiger partial charge >= 0.3 is 0 Å². The Morgan fingerprint density at radius 3 is 2.24 bits per heavy atom. The van der Waals surface area contributed by atoms with Crippen molar-refractivity contribution in [2.24, 2.45) is 0 Å². The van der Waals surface area contributed by atoms with E-state index >= 15 is 0 Å². The number of nitrogens with one attached hydrogen (secondary N) is 1. The van der Waals surface area contributed by atoms with Gasteiger partial charge in [0.25, 0.3) is 0 Å². The second-order valence-corrected chi connectivity index (χ2v) is 7.19. The minimum absolute atomic E-state index is 0.130. The highest BCUT2D eigenvalue weighted by Crippen LogP contribution is 2.21. The third kappa shape index (κ3) is 5.75. The fraction of sp³-hybridized carbons (Fsp3) is 0.533. The summed E-state index contributed by atoms with van der Waals surface area (Å²) < 4.78 is 25.2. The number of sulfonamides is 1. The minimum Gasteiger partial charge on any atom is -0.356 e. The average molecular weight is 312 g/mol. The van der Waals surface area contributed by atoms with Crippen LogP contribution in [-0.2, 0) is 14.8 Å². The Labute approximate surface area is 127 Å². The van der Waals surface area contributed by atoms with Crippen molar-refractivity contribution in [3.05, 3.63) is 29.3 Å². The molecule has 0 saturated heterocycles. The summed E-state index contributed by atoms with van der Waals surface area (Å²) in [6.45, 7) is 6.58. The van der Waals surface area contributed by atoms with Crippen LogP contribution < -0.4 is 9.62 Å². The predicted octanol–water partition coefficient (Wildman–Crippen LogP) is 1.99. The molecule has 0 spiro atoms. The van der Waals surface area contributed by atoms with Gasteiger partial charge in [0.1, 0.15) is 0 Å². The molecule has 0 aliphatic rings. The summed E-state index contributed by atoms with van der Waals surface area (Å²) in [6, 6.07) is 5.62. The molecule has 1 amide bonds. The van der Waals surface area contributed by atoms with Crippen LogP contribution in [0.2, 0.25) is 0 Å². The van der Waals surface area contributed by atoms with E-state index in [4.69, 9.17) is 0 Å². The molecule has 0 unspecified atom stereocenters. The van der Waals surface area contributed by atoms with Crippen molar-refractivity contribution in [3.8, 4) is 0 Å². The SMILES string of the molecule is CCCNC(=O)CCN(c1cc(C)cc(C)c1)S(C)(=O)=O. The first-order valence-corrected chi connectivity index (χ1v) is 8.91. The van der Waals surface area contributed by atoms with Crippen molar-refractivity contribution in [1.82, 2.24) is 5.32 Å². The van der Waals surface area contributed by atoms with Crippen LogP contribution in [0, 0.1) is 13.8 Å². The number of benzene rings is 1. The van der Waals surface area contributed by atoms with Gasteiger partial charge in [-0.15, -0.1) is 0 Å². The Bertz CT molecular complexity index is 577. The molecular weight excluding hydrogens is 288 g/mol. The molecular formula is C15H24N2O3S. The molecule has 21 heavy (non-hydrogen) atoms. The topological polar surface area (TPSA) is 66.5 Å². The molecule has 0 fully saturated rings. The molecule has 1 aromatic rings. The highest BCUT2D eigenvalue weighted by atomic mass is 32.2. The maximum Gasteiger partial charge on any atom is 0.232 e. The van der Waals surface area contributed by atoms with Crippen molar-refractivity contribution in [2.45, 2.75) is 33.6 Å². The summed E-state index contributed by atoms with van der Waals surface area (Å²) >= 11 is 0. The number of anilines is 1. The summed E-state index contributed by atoms with van der Waals surface area (Å²) in [5, 5.41) is 2.75. The van der Waals surface area contributed by atoms with Gasteiger partial charge in [-0.3, -0.25) is 9.10 Å². The quantitative estimate of drug-likeness (QED) is 0.837. The molecule has 5 nitrogen and oxygen atoms in total. The smallest absolute Gasteiger partial charge is 0.232 e. The Kier molecular flexibility index (Phi) is 6.20. The van der Waals surface area contributed by atoms with Crippen LogP contribution in [0.5, 0.6) is 0 Å². The molecule has 0 bridgehead atoms. The minimum atomic E-state index is -3.41. The summed E-state index contributed by atoms with van der Waals surface area (Å²) in [5.74, 6) is -0.130. The van der Waals surface area contributed by atoms with Crippen molar-refractivity contribution < 1.29 is 13.2 Å². The Balaban J connectivity index is 2.90. The van der Waals surface area contributed by atoms with Gasteiger partial charge < -0.3 is 5.32 Å². The molecule has 0 aromatic heterocycles. The van der Waals surface area contributed by atoms with E-state index < -0.39 is 10.0 Å². The number of nitrogens with zero attached hydrogens (tertiary/aromatic N) is 1. The third-order valence-electron chi connectivity index (χ3n) is 3.01. The van der Waals surface area contributed by atoms with Crippen LogP contribution in [0.15, 0.2) is 18.2 Å². The summed E-state index contributed by atoms with van der Waals surface area (Å²) in [4.78, 5) is 11.7. The highest BCUT2D eigenvalue weighted by Gasteiger charge is 2.19. The molecule has 118 valence electrons. The maximum absolute atomic E-state index is 12.0. The van der Waals surface area contributed by atoms with Crippen LogP contribution >= 0.6 is 0 Å². The largest absolute Gasteiger partial charge is 0.356 e. The van der Waals surface area contributed by atoms with Crippen LogP contribution in [0.25, 0.3) is 0 Å². The molecule has 0 saturated carbocycles. The summed E-state index contributed by atoms with van der Waals surface area (Å²) in [5.41, 5.74) is 2.60. The van der Waals surface area contributed by atoms with Crippen LogP contribution in [-0.4, -0.2) is 33.7 Å². The lowest BCUT2D eigenvalue weighted by Crippen LogP contribution is -2.34. The van der Waals surface area contributed by atoms with E-state index in [1.165, 1.54) is 4.31 Å². The van der Waals surface area contributed by atoms with Crippen LogP contribution in [0.1, 0.15) is 30.9 Å². The van der Waals surface area contributed by atoms with Gasteiger partial charge in [0.2, 0.25) is 15.9 Å². The molecule has 1 N–H and O–H groups in total. The molecule has 0 radical (unpaired) electrons. The first-order chi connectivity index (χ1) is 9.74. The van der Waals surface area contributed by atoms with Gasteiger partial charge in [0, 0.05) is 19.5 Å². The number of hydrogen-bond donors (Lipinski definition) is 1. The number of carbonyl (C=O) groups excluding carboxylic acids is 1. The Hall–Kier alpha value is -1.56. The van der Waals surface area contributed by atoms with Gasteiger partial charge in [-0.1, -0.05) is 13.0 Å². The molecule has 6 heteroatoms. The molecule has 1 aromatic carbocycles. The molecule has 0 aliphatic carbocycles. The number of hydrogen-bond acceptors (Lipinski definition) is 3. The van der Waals surface area contributed by atoms with E-state index in [-0.39, 0.29) is 18.9 Å². The van der Waals surface area contributed by atoms with E-state index in [0.29, 0.717) is 12.2 Å². The summed E-state index contributed by atoms with van der Waals surface area (Å²) in [6.07, 6.45) is 2.17. The number of carbonyl (C=O) groups is 1. The lowest BCUT2D eigenvalue weighted by molar-refractivity contribution is -0.120. The van der Waals surface area contributed by atoms with Crippen molar-refractivity contribution >= 4 is 21.6 Å². The van der Waals surface area contributed by atoms with E-state index in [9.17, 15) is 13.2 Å². The van der Waals surface area contributed by atoms with Gasteiger partial charge in [0.15, 0.2) is 0 Å². The van der Waals surface area contributed by atoms with Gasteiger partial charge in [-0.2, -0.15) is 0 Å². The second-order valence-electron chi connectivity index (χ2n) is 5.28. The monoisotopic (exact) mass is 312 g/mol. The molecule has 0 atom stereocenters. The third-order valence-corrected chi connectivity index (χ3v) is 4.20. The molecule has 0 aliphatic heterocycles. The van der Waals surface area contributed by atoms with Gasteiger partial charge in [-0.25, -0.2) is 8.42 Å². The average Bonchev–Trinajstić information content (AvgIpc) is 2.33. The van der Waals surface area contributed by atoms with E-state index in [1.807, 2.05) is 39.0 Å². The Morgan fingerprint density at radius 2 is 1.76 bits per heavy atom. The predicted molar refractivity (Wildman–Crippen MR) is 86.0 cm³/mol. The van der Waals surface area contributed by atoms with Crippen LogP contribution in [0.3, 0.4) is 0 Å². The first kappa shape index (κ1) is 17.5. The maximum atomic E-state index is 12.0. The summed E-state index contributed by atoms with van der Waals surface area (Å²) in [7, 11) is -3.41. The van der Waals surface area contributed by atoms with Crippen molar-refractivity contribution in [3.63, 3.8) is 0 Å². The zero-order chi connectivity index (χ0) is 16.0. The normalized spacial score (nSPS) is 11.2. The van der Waals surface area contributed by atoms with Gasteiger partial charge in [0.05, 0.1) is 11.9 Å². The zero-order valence-electron chi connectivity index (χ0n) is 13.1. The molecule has 1 rings (SSSR count). The van der Waals surface area contributed by atoms with Crippen LogP contribution in [0.4, 0.5) is 5.69 Å². The number of aryl methyl sites for hydroxylation is 2. The first-order valence-electron chi connectivity index (χ1n) is 7.06. The standard InChI is InChI=1S/C15H24N2O3S/c1-5-7-16-15(18)6-8-17(21(4,19)20)14-10-12(2)9-13(3)11-14/h9-11H,5-8H2,1-4H3,(H,16,18). The number of amides is 1. The number of rotatable bonds is 7. The fourth-order valence-corrected chi connectivity index (χ4v) is 3.05. The van der Waals surface area contributed by atoms with Gasteiger partial charge in [-0.05, 0) is 43.5 Å². The lowest BCUT2D eigenvalue weighted by Gasteiger charge is -2.23.